The summed E-state index contributed by atoms with van der Waals surface area (Å²) in [4.78, 5) is 54.5. The van der Waals surface area contributed by atoms with E-state index in [9.17, 15) is 32.3 Å². The molecule has 1 aromatic rings. The third-order valence-electron chi connectivity index (χ3n) is 6.78. The predicted molar refractivity (Wildman–Crippen MR) is 127 cm³/mol. The molecule has 2 rings (SSSR count). The molecule has 0 radical (unpaired) electrons. The van der Waals surface area contributed by atoms with Gasteiger partial charge in [0.2, 0.25) is 11.8 Å². The molecule has 0 bridgehead atoms. The average Bonchev–Trinajstić information content (AvgIpc) is 2.99. The number of alkyl halides is 3. The lowest BCUT2D eigenvalue weighted by atomic mass is 9.77. The second-order valence-corrected chi connectivity index (χ2v) is 10.8. The summed E-state index contributed by atoms with van der Waals surface area (Å²) in [6.07, 6.45) is 1.93. The molecule has 1 aliphatic heterocycles. The molecule has 0 aromatic carbocycles. The Morgan fingerprint density at radius 2 is 1.86 bits per heavy atom. The number of likely N-dealkylation sites (tertiary alicyclic amines) is 1. The number of aromatic nitrogens is 1. The van der Waals surface area contributed by atoms with Crippen molar-refractivity contribution in [2.75, 3.05) is 6.54 Å². The lowest BCUT2D eigenvalue weighted by molar-refractivity contribution is -0.176. The highest BCUT2D eigenvalue weighted by molar-refractivity contribution is 5.94. The van der Waals surface area contributed by atoms with E-state index in [2.05, 4.69) is 16.2 Å². The number of pyridine rings is 1. The molecule has 36 heavy (non-hydrogen) atoms. The van der Waals surface area contributed by atoms with Gasteiger partial charge in [0.15, 0.2) is 0 Å². The quantitative estimate of drug-likeness (QED) is 0.509. The molecule has 0 saturated carbocycles. The van der Waals surface area contributed by atoms with Crippen molar-refractivity contribution in [3.63, 3.8) is 0 Å². The van der Waals surface area contributed by atoms with E-state index in [1.54, 1.807) is 26.0 Å². The number of carbonyl (C=O) groups is 3. The van der Waals surface area contributed by atoms with Gasteiger partial charge in [-0.25, -0.2) is 0 Å². The van der Waals surface area contributed by atoms with E-state index in [4.69, 9.17) is 6.42 Å². The zero-order valence-corrected chi connectivity index (χ0v) is 21.2. The first kappa shape index (κ1) is 28.9. The van der Waals surface area contributed by atoms with Gasteiger partial charge in [0.1, 0.15) is 12.1 Å². The maximum atomic E-state index is 13.6. The Morgan fingerprint density at radius 3 is 2.36 bits per heavy atom. The fourth-order valence-electron chi connectivity index (χ4n) is 4.27. The van der Waals surface area contributed by atoms with Crippen molar-refractivity contribution >= 4 is 17.7 Å². The number of nitrogens with zero attached hydrogens (tertiary/aromatic N) is 1. The molecule has 3 amide bonds. The maximum Gasteiger partial charge on any atom is 0.471 e. The van der Waals surface area contributed by atoms with E-state index in [-0.39, 0.29) is 24.4 Å². The van der Waals surface area contributed by atoms with Gasteiger partial charge in [-0.3, -0.25) is 19.2 Å². The van der Waals surface area contributed by atoms with Crippen molar-refractivity contribution in [3.05, 3.63) is 34.2 Å². The third-order valence-corrected chi connectivity index (χ3v) is 6.78. The molecule has 1 aromatic heterocycles. The molecule has 1 saturated heterocycles. The first-order valence-electron chi connectivity index (χ1n) is 11.5. The number of H-pyrrole nitrogens is 1. The first-order chi connectivity index (χ1) is 16.4. The smallest absolute Gasteiger partial charge is 0.340 e. The summed E-state index contributed by atoms with van der Waals surface area (Å²) < 4.78 is 38.9. The van der Waals surface area contributed by atoms with Crippen molar-refractivity contribution < 1.29 is 27.6 Å². The zero-order chi connectivity index (χ0) is 27.6. The Kier molecular flexibility index (Phi) is 8.33. The second kappa shape index (κ2) is 10.4. The zero-order valence-electron chi connectivity index (χ0n) is 21.2. The van der Waals surface area contributed by atoms with Crippen molar-refractivity contribution in [2.45, 2.75) is 72.3 Å². The van der Waals surface area contributed by atoms with Crippen LogP contribution in [0.15, 0.2) is 23.1 Å². The summed E-state index contributed by atoms with van der Waals surface area (Å²) in [6, 6.07) is -0.278. The number of rotatable bonds is 6. The standard InChI is InChI=1S/C25H33F3N4O4/c1-8-16(12-15-10-9-11-29-19(15)33)30-20(34)18-24(6,7)14(2)13-32(18)21(35)17(23(3,4)5)31-22(36)25(26,27)28/h1,9-11,14,16-18H,12-13H2,2-7H3,(H,29,33)(H,30,34)(H,31,36)/t14?,16-,17?,18-/m1/s1. The van der Waals surface area contributed by atoms with E-state index in [0.29, 0.717) is 5.56 Å². The summed E-state index contributed by atoms with van der Waals surface area (Å²) in [7, 11) is 0. The van der Waals surface area contributed by atoms with Crippen LogP contribution in [0.2, 0.25) is 0 Å². The highest BCUT2D eigenvalue weighted by Gasteiger charge is 2.54. The number of amides is 3. The number of hydrogen-bond donors (Lipinski definition) is 3. The average molecular weight is 511 g/mol. The topological polar surface area (TPSA) is 111 Å². The molecule has 1 fully saturated rings. The lowest BCUT2D eigenvalue weighted by Gasteiger charge is -2.38. The van der Waals surface area contributed by atoms with Crippen LogP contribution in [-0.4, -0.2) is 58.5 Å². The van der Waals surface area contributed by atoms with E-state index >= 15 is 0 Å². The minimum atomic E-state index is -5.17. The van der Waals surface area contributed by atoms with Crippen molar-refractivity contribution in [1.82, 2.24) is 20.5 Å². The van der Waals surface area contributed by atoms with E-state index in [1.165, 1.54) is 31.9 Å². The summed E-state index contributed by atoms with van der Waals surface area (Å²) in [5, 5.41) is 4.51. The molecule has 1 aliphatic rings. The molecular formula is C25H33F3N4O4. The van der Waals surface area contributed by atoms with Crippen LogP contribution in [0.25, 0.3) is 0 Å². The van der Waals surface area contributed by atoms with Gasteiger partial charge in [-0.1, -0.05) is 53.5 Å². The third kappa shape index (κ3) is 6.28. The summed E-state index contributed by atoms with van der Waals surface area (Å²) >= 11 is 0. The number of aromatic amines is 1. The number of hydrogen-bond acceptors (Lipinski definition) is 4. The van der Waals surface area contributed by atoms with Gasteiger partial charge in [0.25, 0.3) is 5.56 Å². The second-order valence-electron chi connectivity index (χ2n) is 10.8. The maximum absolute atomic E-state index is 13.6. The van der Waals surface area contributed by atoms with E-state index < -0.39 is 52.9 Å². The van der Waals surface area contributed by atoms with Gasteiger partial charge >= 0.3 is 12.1 Å². The molecule has 11 heteroatoms. The molecule has 198 valence electrons. The number of nitrogens with one attached hydrogen (secondary N) is 3. The Hall–Kier alpha value is -3.29. The normalized spacial score (nSPS) is 21.3. The summed E-state index contributed by atoms with van der Waals surface area (Å²) in [6.45, 7) is 10.1. The minimum absolute atomic E-state index is 0.0430. The highest BCUT2D eigenvalue weighted by atomic mass is 19.4. The number of terminal acetylenes is 1. The first-order valence-corrected chi connectivity index (χ1v) is 11.5. The predicted octanol–water partition coefficient (Wildman–Crippen LogP) is 2.00. The van der Waals surface area contributed by atoms with Crippen LogP contribution in [0.5, 0.6) is 0 Å². The van der Waals surface area contributed by atoms with Crippen molar-refractivity contribution in [2.24, 2.45) is 16.7 Å². The molecule has 2 unspecified atom stereocenters. The summed E-state index contributed by atoms with van der Waals surface area (Å²) in [5.74, 6) is -1.39. The SMILES string of the molecule is C#C[C@H](Cc1ccc[nH]c1=O)NC(=O)[C@H]1N(C(=O)C(NC(=O)C(F)(F)F)C(C)(C)C)CC(C)C1(C)C. The Labute approximate surface area is 208 Å². The fourth-order valence-corrected chi connectivity index (χ4v) is 4.27. The molecule has 2 heterocycles. The Morgan fingerprint density at radius 1 is 1.25 bits per heavy atom. The largest absolute Gasteiger partial charge is 0.471 e. The van der Waals surface area contributed by atoms with Crippen LogP contribution < -0.4 is 16.2 Å². The molecular weight excluding hydrogens is 477 g/mol. The van der Waals surface area contributed by atoms with Crippen LogP contribution in [0.3, 0.4) is 0 Å². The van der Waals surface area contributed by atoms with Crippen LogP contribution in [0.1, 0.15) is 47.1 Å². The summed E-state index contributed by atoms with van der Waals surface area (Å²) in [5.41, 5.74) is -1.84. The van der Waals surface area contributed by atoms with Gasteiger partial charge < -0.3 is 20.5 Å². The molecule has 0 spiro atoms. The van der Waals surface area contributed by atoms with E-state index in [1.807, 2.05) is 12.2 Å². The van der Waals surface area contributed by atoms with Crippen molar-refractivity contribution in [1.29, 1.82) is 0 Å². The lowest BCUT2D eigenvalue weighted by Crippen LogP contribution is -2.61. The molecule has 0 aliphatic carbocycles. The van der Waals surface area contributed by atoms with Gasteiger partial charge in [0, 0.05) is 24.7 Å². The Bertz CT molecular complexity index is 1100. The number of carbonyl (C=O) groups excluding carboxylic acids is 3. The van der Waals surface area contributed by atoms with Gasteiger partial charge in [0.05, 0.1) is 6.04 Å². The number of halogens is 3. The van der Waals surface area contributed by atoms with Crippen molar-refractivity contribution in [3.8, 4) is 12.3 Å². The van der Waals surface area contributed by atoms with E-state index in [0.717, 1.165) is 0 Å². The van der Waals surface area contributed by atoms with Gasteiger partial charge in [-0.15, -0.1) is 6.42 Å². The fraction of sp³-hybridized carbons (Fsp3) is 0.600. The van der Waals surface area contributed by atoms with Crippen LogP contribution in [-0.2, 0) is 20.8 Å². The van der Waals surface area contributed by atoms with Crippen LogP contribution in [0, 0.1) is 29.1 Å². The monoisotopic (exact) mass is 510 g/mol. The van der Waals surface area contributed by atoms with Gasteiger partial charge in [-0.2, -0.15) is 13.2 Å². The molecule has 3 N–H and O–H groups in total. The molecule has 8 nitrogen and oxygen atoms in total. The van der Waals surface area contributed by atoms with Gasteiger partial charge in [-0.05, 0) is 22.8 Å². The highest BCUT2D eigenvalue weighted by Crippen LogP contribution is 2.42. The van der Waals surface area contributed by atoms with Crippen LogP contribution in [0.4, 0.5) is 13.2 Å². The van der Waals surface area contributed by atoms with Crippen LogP contribution >= 0.6 is 0 Å². The Balaban J connectivity index is 2.36. The minimum Gasteiger partial charge on any atom is -0.340 e. The molecule has 4 atom stereocenters.